The molecular formula is C22H28N5O2S+. The molecule has 2 aromatic rings. The first-order valence-electron chi connectivity index (χ1n) is 10.1. The zero-order chi connectivity index (χ0) is 21.3. The van der Waals surface area contributed by atoms with Gasteiger partial charge in [0.05, 0.1) is 39.3 Å². The van der Waals surface area contributed by atoms with Gasteiger partial charge in [0, 0.05) is 11.4 Å². The highest BCUT2D eigenvalue weighted by Crippen LogP contribution is 2.08. The molecule has 8 heteroatoms. The average Bonchev–Trinajstić information content (AvgIpc) is 2.76. The molecular weight excluding hydrogens is 398 g/mol. The Hall–Kier alpha value is -2.97. The summed E-state index contributed by atoms with van der Waals surface area (Å²) in [7, 11) is 0. The van der Waals surface area contributed by atoms with Gasteiger partial charge < -0.3 is 25.8 Å². The van der Waals surface area contributed by atoms with Gasteiger partial charge in [0.15, 0.2) is 5.11 Å². The van der Waals surface area contributed by atoms with E-state index in [4.69, 9.17) is 12.2 Å². The van der Waals surface area contributed by atoms with Crippen LogP contribution < -0.4 is 20.9 Å². The Balaban J connectivity index is 1.33. The van der Waals surface area contributed by atoms with E-state index < -0.39 is 11.8 Å². The molecule has 7 nitrogen and oxygen atoms in total. The fraction of sp³-hybridized carbons (Fsp3) is 0.318. The summed E-state index contributed by atoms with van der Waals surface area (Å²) in [5.41, 5.74) is 2.70. The number of carbonyl (C=O) groups excluding carboxylic acids is 2. The molecule has 1 aliphatic heterocycles. The van der Waals surface area contributed by atoms with Crippen LogP contribution >= 0.6 is 12.2 Å². The van der Waals surface area contributed by atoms with E-state index in [2.05, 4.69) is 20.9 Å². The summed E-state index contributed by atoms with van der Waals surface area (Å²) in [5, 5.41) is 9.32. The van der Waals surface area contributed by atoms with Crippen molar-refractivity contribution in [3.63, 3.8) is 0 Å². The van der Waals surface area contributed by atoms with E-state index in [1.54, 1.807) is 12.1 Å². The molecule has 3 rings (SSSR count). The smallest absolute Gasteiger partial charge is 0.313 e. The lowest BCUT2D eigenvalue weighted by molar-refractivity contribution is -0.902. The zero-order valence-corrected chi connectivity index (χ0v) is 17.9. The standard InChI is InChI=1S/C22H27N5O2S/c1-17-7-9-19(10-8-17)24-21(29)20(28)23-11-12-26-13-15-27(16-14-26)22(30)25-18-5-3-2-4-6-18/h2-10H,11-16H2,1H3,(H,23,28)(H,24,29)(H,25,30)/p+1. The van der Waals surface area contributed by atoms with Crippen LogP contribution in [-0.4, -0.2) is 61.1 Å². The van der Waals surface area contributed by atoms with Crippen LogP contribution in [0.2, 0.25) is 0 Å². The van der Waals surface area contributed by atoms with E-state index >= 15 is 0 Å². The highest BCUT2D eigenvalue weighted by atomic mass is 32.1. The van der Waals surface area contributed by atoms with Crippen LogP contribution in [0.15, 0.2) is 54.6 Å². The molecule has 0 spiro atoms. The van der Waals surface area contributed by atoms with Crippen molar-refractivity contribution >= 4 is 40.5 Å². The van der Waals surface area contributed by atoms with Gasteiger partial charge >= 0.3 is 11.8 Å². The minimum absolute atomic E-state index is 0.461. The number of nitrogens with one attached hydrogen (secondary N) is 4. The number of para-hydroxylation sites is 1. The predicted molar refractivity (Wildman–Crippen MR) is 123 cm³/mol. The molecule has 30 heavy (non-hydrogen) atoms. The molecule has 0 unspecified atom stereocenters. The van der Waals surface area contributed by atoms with Crippen molar-refractivity contribution in [2.24, 2.45) is 0 Å². The molecule has 2 aromatic carbocycles. The second-order valence-corrected chi connectivity index (χ2v) is 7.75. The molecule has 0 radical (unpaired) electrons. The lowest BCUT2D eigenvalue weighted by atomic mass is 10.2. The predicted octanol–water partition coefficient (Wildman–Crippen LogP) is 0.647. The van der Waals surface area contributed by atoms with E-state index in [0.717, 1.165) is 49.1 Å². The van der Waals surface area contributed by atoms with E-state index in [9.17, 15) is 9.59 Å². The molecule has 0 atom stereocenters. The number of thiocarbonyl (C=S) groups is 1. The topological polar surface area (TPSA) is 77.9 Å². The van der Waals surface area contributed by atoms with Crippen LogP contribution in [-0.2, 0) is 9.59 Å². The van der Waals surface area contributed by atoms with Crippen molar-refractivity contribution in [1.82, 2.24) is 10.2 Å². The maximum absolute atomic E-state index is 12.0. The Morgan fingerprint density at radius 2 is 1.57 bits per heavy atom. The molecule has 1 aliphatic rings. The second kappa shape index (κ2) is 10.7. The van der Waals surface area contributed by atoms with Gasteiger partial charge in [-0.3, -0.25) is 9.59 Å². The Morgan fingerprint density at radius 3 is 2.23 bits per heavy atom. The van der Waals surface area contributed by atoms with Gasteiger partial charge in [-0.15, -0.1) is 0 Å². The Morgan fingerprint density at radius 1 is 0.933 bits per heavy atom. The summed E-state index contributed by atoms with van der Waals surface area (Å²) in [4.78, 5) is 27.5. The maximum Gasteiger partial charge on any atom is 0.313 e. The number of rotatable bonds is 5. The zero-order valence-electron chi connectivity index (χ0n) is 17.1. The number of hydrogen-bond donors (Lipinski definition) is 4. The van der Waals surface area contributed by atoms with Crippen LogP contribution in [0.25, 0.3) is 0 Å². The van der Waals surface area contributed by atoms with Crippen molar-refractivity contribution in [2.45, 2.75) is 6.92 Å². The van der Waals surface area contributed by atoms with E-state index in [1.165, 1.54) is 4.90 Å². The van der Waals surface area contributed by atoms with Crippen molar-refractivity contribution in [1.29, 1.82) is 0 Å². The summed E-state index contributed by atoms with van der Waals surface area (Å²) in [6.45, 7) is 6.78. The van der Waals surface area contributed by atoms with Gasteiger partial charge in [0.1, 0.15) is 0 Å². The highest BCUT2D eigenvalue weighted by Gasteiger charge is 2.22. The van der Waals surface area contributed by atoms with Crippen LogP contribution in [0.1, 0.15) is 5.56 Å². The number of quaternary nitrogens is 1. The fourth-order valence-electron chi connectivity index (χ4n) is 3.26. The quantitative estimate of drug-likeness (QED) is 0.417. The monoisotopic (exact) mass is 426 g/mol. The van der Waals surface area contributed by atoms with E-state index in [1.807, 2.05) is 49.4 Å². The Bertz CT molecular complexity index is 865. The Kier molecular flexibility index (Phi) is 7.75. The molecule has 1 fully saturated rings. The fourth-order valence-corrected chi connectivity index (χ4v) is 3.56. The number of piperazine rings is 1. The molecule has 0 saturated carbocycles. The number of carbonyl (C=O) groups is 2. The van der Waals surface area contributed by atoms with Gasteiger partial charge in [-0.1, -0.05) is 35.9 Å². The third-order valence-electron chi connectivity index (χ3n) is 5.06. The lowest BCUT2D eigenvalue weighted by Gasteiger charge is -2.33. The SMILES string of the molecule is Cc1ccc(NC(=O)C(=O)NCC[NH+]2CCN(C(=S)Nc3ccccc3)CC2)cc1. The summed E-state index contributed by atoms with van der Waals surface area (Å²) in [6.07, 6.45) is 0. The van der Waals surface area contributed by atoms with Crippen LogP contribution in [0, 0.1) is 6.92 Å². The lowest BCUT2D eigenvalue weighted by Crippen LogP contribution is -3.15. The first-order valence-corrected chi connectivity index (χ1v) is 10.5. The Labute approximate surface area is 182 Å². The van der Waals surface area contributed by atoms with Gasteiger partial charge in [-0.25, -0.2) is 0 Å². The normalized spacial score (nSPS) is 14.1. The summed E-state index contributed by atoms with van der Waals surface area (Å²) in [5.74, 6) is -1.25. The molecule has 0 aromatic heterocycles. The van der Waals surface area contributed by atoms with Crippen LogP contribution in [0.4, 0.5) is 11.4 Å². The molecule has 1 heterocycles. The summed E-state index contributed by atoms with van der Waals surface area (Å²) < 4.78 is 0. The largest absolute Gasteiger partial charge is 0.342 e. The second-order valence-electron chi connectivity index (χ2n) is 7.36. The maximum atomic E-state index is 12.0. The molecule has 2 amide bonds. The minimum atomic E-state index is -0.643. The van der Waals surface area contributed by atoms with Crippen molar-refractivity contribution in [2.75, 3.05) is 49.9 Å². The molecule has 0 bridgehead atoms. The molecule has 158 valence electrons. The van der Waals surface area contributed by atoms with Crippen molar-refractivity contribution in [3.8, 4) is 0 Å². The third-order valence-corrected chi connectivity index (χ3v) is 5.42. The highest BCUT2D eigenvalue weighted by molar-refractivity contribution is 7.80. The van der Waals surface area contributed by atoms with Gasteiger partial charge in [-0.05, 0) is 43.4 Å². The van der Waals surface area contributed by atoms with E-state index in [0.29, 0.717) is 12.2 Å². The number of benzene rings is 2. The van der Waals surface area contributed by atoms with Gasteiger partial charge in [0.25, 0.3) is 0 Å². The van der Waals surface area contributed by atoms with Crippen LogP contribution in [0.5, 0.6) is 0 Å². The summed E-state index contributed by atoms with van der Waals surface area (Å²) in [6, 6.07) is 17.2. The first-order chi connectivity index (χ1) is 14.5. The molecule has 0 aliphatic carbocycles. The molecule has 4 N–H and O–H groups in total. The molecule has 1 saturated heterocycles. The summed E-state index contributed by atoms with van der Waals surface area (Å²) >= 11 is 5.51. The first kappa shape index (κ1) is 21.7. The average molecular weight is 427 g/mol. The number of hydrogen-bond acceptors (Lipinski definition) is 3. The van der Waals surface area contributed by atoms with Crippen molar-refractivity contribution < 1.29 is 14.5 Å². The number of aryl methyl sites for hydroxylation is 1. The number of nitrogens with zero attached hydrogens (tertiary/aromatic N) is 1. The van der Waals surface area contributed by atoms with Crippen LogP contribution in [0.3, 0.4) is 0 Å². The van der Waals surface area contributed by atoms with E-state index in [-0.39, 0.29) is 0 Å². The van der Waals surface area contributed by atoms with Crippen molar-refractivity contribution in [3.05, 3.63) is 60.2 Å². The number of amides is 2. The number of anilines is 2. The third kappa shape index (κ3) is 6.53. The minimum Gasteiger partial charge on any atom is -0.342 e. The van der Waals surface area contributed by atoms with Gasteiger partial charge in [0.2, 0.25) is 0 Å². The van der Waals surface area contributed by atoms with Gasteiger partial charge in [-0.2, -0.15) is 0 Å².